The largest absolute Gasteiger partial charge is 0.371 e. The van der Waals surface area contributed by atoms with Crippen molar-refractivity contribution in [2.75, 3.05) is 18.0 Å². The highest BCUT2D eigenvalue weighted by Gasteiger charge is 2.18. The molecule has 3 aromatic rings. The highest BCUT2D eigenvalue weighted by Crippen LogP contribution is 2.36. The molecule has 1 aromatic carbocycles. The van der Waals surface area contributed by atoms with Crippen LogP contribution in [-0.2, 0) is 0 Å². The highest BCUT2D eigenvalue weighted by molar-refractivity contribution is 6.02. The molecule has 0 aliphatic carbocycles. The van der Waals surface area contributed by atoms with Crippen LogP contribution in [0.15, 0.2) is 42.7 Å². The van der Waals surface area contributed by atoms with Crippen molar-refractivity contribution in [3.8, 4) is 17.2 Å². The molecule has 4 rings (SSSR count). The first-order valence-electron chi connectivity index (χ1n) is 7.58. The zero-order chi connectivity index (χ0) is 14.9. The second-order valence-electron chi connectivity index (χ2n) is 5.64. The van der Waals surface area contributed by atoms with E-state index in [1.165, 1.54) is 18.5 Å². The summed E-state index contributed by atoms with van der Waals surface area (Å²) < 4.78 is 0. The first kappa shape index (κ1) is 12.9. The highest BCUT2D eigenvalue weighted by atomic mass is 15.1. The molecule has 0 spiro atoms. The number of aromatic amines is 1. The third-order valence-electron chi connectivity index (χ3n) is 4.30. The Morgan fingerprint density at radius 2 is 2.05 bits per heavy atom. The van der Waals surface area contributed by atoms with Crippen LogP contribution in [0, 0.1) is 11.3 Å². The summed E-state index contributed by atoms with van der Waals surface area (Å²) in [6.07, 6.45) is 6.34. The molecule has 0 amide bonds. The third kappa shape index (κ3) is 2.03. The van der Waals surface area contributed by atoms with Crippen molar-refractivity contribution in [3.05, 3.63) is 48.3 Å². The Morgan fingerprint density at radius 1 is 1.18 bits per heavy atom. The Labute approximate surface area is 129 Å². The van der Waals surface area contributed by atoms with Gasteiger partial charge >= 0.3 is 0 Å². The predicted octanol–water partition coefficient (Wildman–Crippen LogP) is 3.70. The minimum absolute atomic E-state index is 0.679. The first-order valence-corrected chi connectivity index (χ1v) is 7.58. The van der Waals surface area contributed by atoms with Gasteiger partial charge in [-0.2, -0.15) is 5.26 Å². The molecule has 0 radical (unpaired) electrons. The Balaban J connectivity index is 1.93. The van der Waals surface area contributed by atoms with Crippen molar-refractivity contribution in [2.45, 2.75) is 12.8 Å². The van der Waals surface area contributed by atoms with Gasteiger partial charge in [-0.1, -0.05) is 12.1 Å². The van der Waals surface area contributed by atoms with Crippen molar-refractivity contribution in [2.24, 2.45) is 0 Å². The second kappa shape index (κ2) is 5.19. The van der Waals surface area contributed by atoms with Crippen LogP contribution in [0.5, 0.6) is 0 Å². The number of H-pyrrole nitrogens is 1. The van der Waals surface area contributed by atoms with Crippen molar-refractivity contribution in [1.82, 2.24) is 9.97 Å². The Hall–Kier alpha value is -2.80. The van der Waals surface area contributed by atoms with Crippen LogP contribution in [0.1, 0.15) is 18.4 Å². The van der Waals surface area contributed by atoms with E-state index in [0.717, 1.165) is 35.2 Å². The van der Waals surface area contributed by atoms with Crippen LogP contribution in [-0.4, -0.2) is 23.1 Å². The molecule has 0 saturated carbocycles. The molecular formula is C18H16N4. The maximum Gasteiger partial charge on any atom is 0.139 e. The summed E-state index contributed by atoms with van der Waals surface area (Å²) in [5.74, 6) is 0. The molecular weight excluding hydrogens is 272 g/mol. The average molecular weight is 288 g/mol. The van der Waals surface area contributed by atoms with E-state index in [1.807, 2.05) is 36.7 Å². The van der Waals surface area contributed by atoms with Gasteiger partial charge in [-0.3, -0.25) is 0 Å². The number of pyridine rings is 1. The second-order valence-corrected chi connectivity index (χ2v) is 5.64. The topological polar surface area (TPSA) is 55.7 Å². The number of aromatic nitrogens is 2. The van der Waals surface area contributed by atoms with Crippen LogP contribution in [0.4, 0.5) is 5.69 Å². The summed E-state index contributed by atoms with van der Waals surface area (Å²) in [5.41, 5.74) is 4.99. The van der Waals surface area contributed by atoms with Gasteiger partial charge in [-0.25, -0.2) is 4.98 Å². The number of nitrogens with zero attached hydrogens (tertiary/aromatic N) is 3. The van der Waals surface area contributed by atoms with E-state index in [1.54, 1.807) is 0 Å². The molecule has 1 saturated heterocycles. The maximum absolute atomic E-state index is 9.12. The first-order chi connectivity index (χ1) is 10.9. The zero-order valence-electron chi connectivity index (χ0n) is 12.2. The lowest BCUT2D eigenvalue weighted by Gasteiger charge is -2.19. The molecule has 4 heteroatoms. The van der Waals surface area contributed by atoms with Gasteiger partial charge in [0.25, 0.3) is 0 Å². The standard InChI is InChI=1S/C18H16N4/c19-11-13-4-3-5-14(10-13)15-12-21-18-17(15)16(6-7-20-18)22-8-1-2-9-22/h3-7,10,12H,1-2,8-9H2,(H,20,21). The van der Waals surface area contributed by atoms with Crippen LogP contribution < -0.4 is 4.90 Å². The van der Waals surface area contributed by atoms with E-state index in [0.29, 0.717) is 5.56 Å². The minimum atomic E-state index is 0.679. The Kier molecular flexibility index (Phi) is 3.05. The van der Waals surface area contributed by atoms with Crippen LogP contribution in [0.2, 0.25) is 0 Å². The molecule has 2 aromatic heterocycles. The molecule has 0 bridgehead atoms. The van der Waals surface area contributed by atoms with E-state index in [-0.39, 0.29) is 0 Å². The normalized spacial score (nSPS) is 14.4. The molecule has 108 valence electrons. The molecule has 1 N–H and O–H groups in total. The van der Waals surface area contributed by atoms with Gasteiger partial charge in [0.2, 0.25) is 0 Å². The number of hydrogen-bond donors (Lipinski definition) is 1. The van der Waals surface area contributed by atoms with Gasteiger partial charge in [0.1, 0.15) is 5.65 Å². The van der Waals surface area contributed by atoms with Gasteiger partial charge in [0, 0.05) is 42.1 Å². The van der Waals surface area contributed by atoms with E-state index in [2.05, 4.69) is 27.0 Å². The number of nitrogens with one attached hydrogen (secondary N) is 1. The number of anilines is 1. The SMILES string of the molecule is N#Cc1cccc(-c2c[nH]c3nccc(N4CCCC4)c23)c1. The number of nitriles is 1. The van der Waals surface area contributed by atoms with Gasteiger partial charge in [-0.05, 0) is 36.6 Å². The fraction of sp³-hybridized carbons (Fsp3) is 0.222. The minimum Gasteiger partial charge on any atom is -0.371 e. The number of fused-ring (bicyclic) bond motifs is 1. The lowest BCUT2D eigenvalue weighted by atomic mass is 10.0. The maximum atomic E-state index is 9.12. The lowest BCUT2D eigenvalue weighted by Crippen LogP contribution is -2.17. The molecule has 1 aliphatic heterocycles. The molecule has 0 unspecified atom stereocenters. The van der Waals surface area contributed by atoms with Gasteiger partial charge in [-0.15, -0.1) is 0 Å². The number of hydrogen-bond acceptors (Lipinski definition) is 3. The fourth-order valence-electron chi connectivity index (χ4n) is 3.24. The summed E-state index contributed by atoms with van der Waals surface area (Å²) in [6.45, 7) is 2.20. The molecule has 1 aliphatic rings. The van der Waals surface area contributed by atoms with Gasteiger partial charge < -0.3 is 9.88 Å². The fourth-order valence-corrected chi connectivity index (χ4v) is 3.24. The van der Waals surface area contributed by atoms with Crippen molar-refractivity contribution in [1.29, 1.82) is 5.26 Å². The van der Waals surface area contributed by atoms with E-state index >= 15 is 0 Å². The molecule has 1 fully saturated rings. The van der Waals surface area contributed by atoms with E-state index in [9.17, 15) is 0 Å². The van der Waals surface area contributed by atoms with Crippen LogP contribution in [0.25, 0.3) is 22.2 Å². The lowest BCUT2D eigenvalue weighted by molar-refractivity contribution is 0.949. The Bertz CT molecular complexity index is 866. The van der Waals surface area contributed by atoms with Gasteiger partial charge in [0.05, 0.1) is 11.6 Å². The average Bonchev–Trinajstić information content (AvgIpc) is 3.24. The predicted molar refractivity (Wildman–Crippen MR) is 87.7 cm³/mol. The van der Waals surface area contributed by atoms with Crippen molar-refractivity contribution < 1.29 is 0 Å². The van der Waals surface area contributed by atoms with Gasteiger partial charge in [0.15, 0.2) is 0 Å². The summed E-state index contributed by atoms with van der Waals surface area (Å²) in [7, 11) is 0. The number of benzene rings is 1. The van der Waals surface area contributed by atoms with E-state index in [4.69, 9.17) is 5.26 Å². The third-order valence-corrected chi connectivity index (χ3v) is 4.30. The van der Waals surface area contributed by atoms with Crippen LogP contribution in [0.3, 0.4) is 0 Å². The summed E-state index contributed by atoms with van der Waals surface area (Å²) >= 11 is 0. The summed E-state index contributed by atoms with van der Waals surface area (Å²) in [4.78, 5) is 10.1. The molecule has 4 nitrogen and oxygen atoms in total. The van der Waals surface area contributed by atoms with Crippen molar-refractivity contribution >= 4 is 16.7 Å². The molecule has 22 heavy (non-hydrogen) atoms. The molecule has 3 heterocycles. The summed E-state index contributed by atoms with van der Waals surface area (Å²) in [5, 5.41) is 10.3. The Morgan fingerprint density at radius 3 is 2.86 bits per heavy atom. The van der Waals surface area contributed by atoms with Crippen LogP contribution >= 0.6 is 0 Å². The zero-order valence-corrected chi connectivity index (χ0v) is 12.2. The monoisotopic (exact) mass is 288 g/mol. The summed E-state index contributed by atoms with van der Waals surface area (Å²) in [6, 6.07) is 12.0. The number of rotatable bonds is 2. The smallest absolute Gasteiger partial charge is 0.139 e. The quantitative estimate of drug-likeness (QED) is 0.782. The van der Waals surface area contributed by atoms with E-state index < -0.39 is 0 Å². The molecule has 0 atom stereocenters. The van der Waals surface area contributed by atoms with Crippen molar-refractivity contribution in [3.63, 3.8) is 0 Å².